The van der Waals surface area contributed by atoms with Crippen molar-refractivity contribution in [2.45, 2.75) is 32.1 Å². The quantitative estimate of drug-likeness (QED) is 0.894. The molecule has 2 fully saturated rings. The molecule has 1 saturated carbocycles. The van der Waals surface area contributed by atoms with E-state index in [2.05, 4.69) is 10.3 Å². The number of hydrogen-bond donors (Lipinski definition) is 2. The topological polar surface area (TPSA) is 82.5 Å². The number of hydrogen-bond acceptors (Lipinski definition) is 3. The van der Waals surface area contributed by atoms with Gasteiger partial charge < -0.3 is 10.0 Å². The Hall–Kier alpha value is -2.11. The predicted octanol–water partition coefficient (Wildman–Crippen LogP) is 2.29. The number of aliphatic carboxylic acids is 1. The highest BCUT2D eigenvalue weighted by Gasteiger charge is 2.42. The van der Waals surface area contributed by atoms with Gasteiger partial charge in [-0.3, -0.25) is 10.1 Å². The summed E-state index contributed by atoms with van der Waals surface area (Å²) < 4.78 is 0. The summed E-state index contributed by atoms with van der Waals surface area (Å²) in [5.74, 6) is 0.212. The van der Waals surface area contributed by atoms with E-state index in [9.17, 15) is 14.7 Å². The highest BCUT2D eigenvalue weighted by atomic mass is 16.4. The summed E-state index contributed by atoms with van der Waals surface area (Å²) in [6.07, 6.45) is 2.80. The maximum atomic E-state index is 12.2. The zero-order valence-electron chi connectivity index (χ0n) is 12.0. The molecule has 2 aliphatic rings. The van der Waals surface area contributed by atoms with E-state index in [1.54, 1.807) is 17.9 Å². The predicted molar refractivity (Wildman–Crippen MR) is 77.2 cm³/mol. The number of nitrogens with zero attached hydrogens (tertiary/aromatic N) is 2. The van der Waals surface area contributed by atoms with Gasteiger partial charge in [0.05, 0.1) is 5.41 Å². The van der Waals surface area contributed by atoms with Crippen molar-refractivity contribution in [3.63, 3.8) is 0 Å². The largest absolute Gasteiger partial charge is 0.481 e. The Balaban J connectivity index is 1.64. The second-order valence-electron chi connectivity index (χ2n) is 6.19. The molecule has 0 aromatic carbocycles. The van der Waals surface area contributed by atoms with Crippen molar-refractivity contribution in [1.29, 1.82) is 0 Å². The Labute approximate surface area is 123 Å². The second-order valence-corrected chi connectivity index (χ2v) is 6.19. The number of likely N-dealkylation sites (tertiary alicyclic amines) is 1. The van der Waals surface area contributed by atoms with Crippen LogP contribution in [0.1, 0.15) is 37.8 Å². The molecule has 3 rings (SSSR count). The van der Waals surface area contributed by atoms with E-state index in [-0.39, 0.29) is 12.6 Å². The SMILES string of the molecule is CC1(C(=O)O)CCN(C(=O)Nc2cccc(C3CC3)n2)C1. The number of carbonyl (C=O) groups excluding carboxylic acids is 1. The number of urea groups is 1. The summed E-state index contributed by atoms with van der Waals surface area (Å²) in [5.41, 5.74) is 0.172. The Morgan fingerprint density at radius 3 is 2.81 bits per heavy atom. The van der Waals surface area contributed by atoms with Crippen LogP contribution in [-0.2, 0) is 4.79 Å². The molecular formula is C15H19N3O3. The summed E-state index contributed by atoms with van der Waals surface area (Å²) in [4.78, 5) is 29.4. The van der Waals surface area contributed by atoms with Crippen LogP contribution < -0.4 is 5.32 Å². The van der Waals surface area contributed by atoms with Gasteiger partial charge >= 0.3 is 12.0 Å². The summed E-state index contributed by atoms with van der Waals surface area (Å²) in [7, 11) is 0. The fraction of sp³-hybridized carbons (Fsp3) is 0.533. The normalized spacial score (nSPS) is 24.9. The summed E-state index contributed by atoms with van der Waals surface area (Å²) in [5, 5.41) is 12.0. The lowest BCUT2D eigenvalue weighted by atomic mass is 9.90. The third-order valence-electron chi connectivity index (χ3n) is 4.28. The molecular weight excluding hydrogens is 270 g/mol. The van der Waals surface area contributed by atoms with Crippen molar-refractivity contribution < 1.29 is 14.7 Å². The lowest BCUT2D eigenvalue weighted by Gasteiger charge is -2.20. The highest BCUT2D eigenvalue weighted by molar-refractivity contribution is 5.89. The molecule has 6 heteroatoms. The summed E-state index contributed by atoms with van der Waals surface area (Å²) in [6.45, 7) is 2.36. The third kappa shape index (κ3) is 2.84. The lowest BCUT2D eigenvalue weighted by Crippen LogP contribution is -2.37. The molecule has 1 aromatic rings. The summed E-state index contributed by atoms with van der Waals surface area (Å²) in [6, 6.07) is 5.35. The molecule has 2 heterocycles. The first-order chi connectivity index (χ1) is 9.98. The molecule has 112 valence electrons. The van der Waals surface area contributed by atoms with Crippen LogP contribution in [0.2, 0.25) is 0 Å². The maximum absolute atomic E-state index is 12.2. The van der Waals surface area contributed by atoms with E-state index in [1.165, 1.54) is 0 Å². The Kier molecular flexibility index (Phi) is 3.31. The van der Waals surface area contributed by atoms with Crippen LogP contribution in [0.15, 0.2) is 18.2 Å². The van der Waals surface area contributed by atoms with Gasteiger partial charge in [-0.1, -0.05) is 6.07 Å². The number of carbonyl (C=O) groups is 2. The van der Waals surface area contributed by atoms with E-state index >= 15 is 0 Å². The zero-order chi connectivity index (χ0) is 15.0. The van der Waals surface area contributed by atoms with Gasteiger partial charge in [0.25, 0.3) is 0 Å². The number of rotatable bonds is 3. The van der Waals surface area contributed by atoms with E-state index in [0.717, 1.165) is 18.5 Å². The summed E-state index contributed by atoms with van der Waals surface area (Å²) >= 11 is 0. The van der Waals surface area contributed by atoms with Gasteiger partial charge in [-0.15, -0.1) is 0 Å². The standard InChI is InChI=1S/C15H19N3O3/c1-15(13(19)20)7-8-18(9-15)14(21)17-12-4-2-3-11(16-12)10-5-6-10/h2-4,10H,5-9H2,1H3,(H,19,20)(H,16,17,21). The van der Waals surface area contributed by atoms with Crippen molar-refractivity contribution in [3.05, 3.63) is 23.9 Å². The van der Waals surface area contributed by atoms with Crippen LogP contribution in [0.25, 0.3) is 0 Å². The number of pyridine rings is 1. The van der Waals surface area contributed by atoms with E-state index in [1.807, 2.05) is 12.1 Å². The number of amides is 2. The molecule has 21 heavy (non-hydrogen) atoms. The molecule has 1 aromatic heterocycles. The first kappa shape index (κ1) is 13.9. The molecule has 1 aliphatic heterocycles. The second kappa shape index (κ2) is 5.02. The molecule has 0 spiro atoms. The van der Waals surface area contributed by atoms with Crippen LogP contribution in [0.3, 0.4) is 0 Å². The fourth-order valence-electron chi connectivity index (χ4n) is 2.63. The van der Waals surface area contributed by atoms with Gasteiger partial charge in [-0.25, -0.2) is 9.78 Å². The fourth-order valence-corrected chi connectivity index (χ4v) is 2.63. The Bertz CT molecular complexity index is 585. The van der Waals surface area contributed by atoms with E-state index in [4.69, 9.17) is 0 Å². The van der Waals surface area contributed by atoms with Gasteiger partial charge in [0.15, 0.2) is 0 Å². The number of carboxylic acid groups (broad SMARTS) is 1. The first-order valence-corrected chi connectivity index (χ1v) is 7.24. The number of nitrogens with one attached hydrogen (secondary N) is 1. The van der Waals surface area contributed by atoms with Gasteiger partial charge in [0, 0.05) is 24.7 Å². The zero-order valence-corrected chi connectivity index (χ0v) is 12.0. The maximum Gasteiger partial charge on any atom is 0.323 e. The molecule has 1 saturated heterocycles. The minimum absolute atomic E-state index is 0.233. The average molecular weight is 289 g/mol. The van der Waals surface area contributed by atoms with Crippen molar-refractivity contribution in [1.82, 2.24) is 9.88 Å². The average Bonchev–Trinajstić information content (AvgIpc) is 3.22. The van der Waals surface area contributed by atoms with Crippen molar-refractivity contribution >= 4 is 17.8 Å². The molecule has 0 bridgehead atoms. The lowest BCUT2D eigenvalue weighted by molar-refractivity contribution is -0.146. The smallest absolute Gasteiger partial charge is 0.323 e. The number of aromatic nitrogens is 1. The molecule has 1 unspecified atom stereocenters. The van der Waals surface area contributed by atoms with Crippen LogP contribution in [0.4, 0.5) is 10.6 Å². The third-order valence-corrected chi connectivity index (χ3v) is 4.28. The van der Waals surface area contributed by atoms with Crippen LogP contribution in [0, 0.1) is 5.41 Å². The van der Waals surface area contributed by atoms with E-state index < -0.39 is 11.4 Å². The van der Waals surface area contributed by atoms with Crippen molar-refractivity contribution in [2.75, 3.05) is 18.4 Å². The first-order valence-electron chi connectivity index (χ1n) is 7.24. The van der Waals surface area contributed by atoms with E-state index in [0.29, 0.717) is 24.7 Å². The molecule has 6 nitrogen and oxygen atoms in total. The molecule has 1 aliphatic carbocycles. The van der Waals surface area contributed by atoms with Crippen molar-refractivity contribution in [3.8, 4) is 0 Å². The highest BCUT2D eigenvalue weighted by Crippen LogP contribution is 2.39. The number of carboxylic acids is 1. The van der Waals surface area contributed by atoms with Gasteiger partial charge in [0.2, 0.25) is 0 Å². The molecule has 0 radical (unpaired) electrons. The molecule has 2 amide bonds. The van der Waals surface area contributed by atoms with Crippen LogP contribution >= 0.6 is 0 Å². The monoisotopic (exact) mass is 289 g/mol. The Morgan fingerprint density at radius 2 is 2.19 bits per heavy atom. The Morgan fingerprint density at radius 1 is 1.43 bits per heavy atom. The van der Waals surface area contributed by atoms with Crippen molar-refractivity contribution in [2.24, 2.45) is 5.41 Å². The van der Waals surface area contributed by atoms with Gasteiger partial charge in [0.1, 0.15) is 5.82 Å². The van der Waals surface area contributed by atoms with Crippen LogP contribution in [-0.4, -0.2) is 40.1 Å². The molecule has 2 N–H and O–H groups in total. The minimum atomic E-state index is -0.855. The number of anilines is 1. The van der Waals surface area contributed by atoms with Gasteiger partial charge in [-0.2, -0.15) is 0 Å². The minimum Gasteiger partial charge on any atom is -0.481 e. The van der Waals surface area contributed by atoms with Gasteiger partial charge in [-0.05, 0) is 38.3 Å². The van der Waals surface area contributed by atoms with Crippen LogP contribution in [0.5, 0.6) is 0 Å². The molecule has 1 atom stereocenters.